The number of carbonyl (C=O) groups is 1. The van der Waals surface area contributed by atoms with E-state index in [0.29, 0.717) is 17.4 Å². The van der Waals surface area contributed by atoms with E-state index in [4.69, 9.17) is 21.1 Å². The van der Waals surface area contributed by atoms with Gasteiger partial charge in [0, 0.05) is 5.02 Å². The number of nitrogens with one attached hydrogen (secondary N) is 1. The second kappa shape index (κ2) is 9.82. The molecule has 1 atom stereocenters. The molecule has 0 unspecified atom stereocenters. The van der Waals surface area contributed by atoms with E-state index in [-0.39, 0.29) is 5.91 Å². The van der Waals surface area contributed by atoms with Gasteiger partial charge in [0.2, 0.25) is 0 Å². The highest BCUT2D eigenvalue weighted by atomic mass is 35.5. The van der Waals surface area contributed by atoms with Crippen molar-refractivity contribution in [1.82, 2.24) is 5.43 Å². The molecule has 6 heteroatoms. The number of ether oxygens (including phenoxy) is 2. The normalized spacial score (nSPS) is 12.0. The average molecular weight is 375 g/mol. The second-order valence-electron chi connectivity index (χ2n) is 5.82. The molecule has 1 N–H and O–H groups in total. The minimum absolute atomic E-state index is 0.335. The maximum absolute atomic E-state index is 12.1. The summed E-state index contributed by atoms with van der Waals surface area (Å²) in [7, 11) is 0. The Hall–Kier alpha value is -2.53. The van der Waals surface area contributed by atoms with Crippen LogP contribution in [-0.4, -0.2) is 24.8 Å². The third-order valence-electron chi connectivity index (χ3n) is 3.55. The Morgan fingerprint density at radius 3 is 2.65 bits per heavy atom. The van der Waals surface area contributed by atoms with Crippen molar-refractivity contribution in [2.75, 3.05) is 6.61 Å². The zero-order valence-electron chi connectivity index (χ0n) is 15.2. The first-order valence-electron chi connectivity index (χ1n) is 8.48. The lowest BCUT2D eigenvalue weighted by molar-refractivity contribution is -0.127. The van der Waals surface area contributed by atoms with Gasteiger partial charge in [-0.05, 0) is 73.9 Å². The summed E-state index contributed by atoms with van der Waals surface area (Å²) >= 11 is 5.92. The summed E-state index contributed by atoms with van der Waals surface area (Å²) in [5.74, 6) is 1.09. The molecule has 0 saturated heterocycles. The van der Waals surface area contributed by atoms with Gasteiger partial charge in [-0.2, -0.15) is 5.10 Å². The number of aryl methyl sites for hydroxylation is 1. The molecule has 1 amide bonds. The number of amides is 1. The van der Waals surface area contributed by atoms with Gasteiger partial charge in [0.15, 0.2) is 6.10 Å². The van der Waals surface area contributed by atoms with Crippen LogP contribution in [0, 0.1) is 6.92 Å². The first-order valence-corrected chi connectivity index (χ1v) is 8.86. The number of hydrogen-bond acceptors (Lipinski definition) is 4. The van der Waals surface area contributed by atoms with E-state index in [1.165, 1.54) is 0 Å². The molecule has 5 nitrogen and oxygen atoms in total. The van der Waals surface area contributed by atoms with Crippen molar-refractivity contribution in [3.8, 4) is 11.5 Å². The Bertz CT molecular complexity index is 760. The van der Waals surface area contributed by atoms with Crippen LogP contribution in [0.3, 0.4) is 0 Å². The van der Waals surface area contributed by atoms with Crippen LogP contribution in [-0.2, 0) is 4.79 Å². The van der Waals surface area contributed by atoms with Crippen molar-refractivity contribution in [3.63, 3.8) is 0 Å². The number of halogens is 1. The Morgan fingerprint density at radius 2 is 2.00 bits per heavy atom. The maximum atomic E-state index is 12.1. The van der Waals surface area contributed by atoms with Gasteiger partial charge in [0.1, 0.15) is 11.5 Å². The molecule has 2 aromatic rings. The average Bonchev–Trinajstić information content (AvgIpc) is 2.63. The predicted octanol–water partition coefficient (Wildman–Crippen LogP) is 4.35. The molecular formula is C20H23ClN2O3. The fourth-order valence-corrected chi connectivity index (χ4v) is 2.35. The third kappa shape index (κ3) is 6.08. The molecule has 2 aromatic carbocycles. The van der Waals surface area contributed by atoms with Gasteiger partial charge in [-0.25, -0.2) is 5.43 Å². The summed E-state index contributed by atoms with van der Waals surface area (Å²) < 4.78 is 11.2. The second-order valence-corrected chi connectivity index (χ2v) is 6.26. The zero-order chi connectivity index (χ0) is 18.9. The number of hydrazone groups is 1. The van der Waals surface area contributed by atoms with E-state index in [1.807, 2.05) is 31.2 Å². The van der Waals surface area contributed by atoms with Crippen LogP contribution in [0.2, 0.25) is 5.02 Å². The summed E-state index contributed by atoms with van der Waals surface area (Å²) in [4.78, 5) is 12.1. The molecule has 0 aliphatic heterocycles. The van der Waals surface area contributed by atoms with Crippen LogP contribution in [0.5, 0.6) is 11.5 Å². The minimum atomic E-state index is -0.683. The number of hydrogen-bond donors (Lipinski definition) is 1. The fraction of sp³-hybridized carbons (Fsp3) is 0.300. The topological polar surface area (TPSA) is 59.9 Å². The number of nitrogens with zero attached hydrogens (tertiary/aromatic N) is 1. The molecule has 0 aromatic heterocycles. The van der Waals surface area contributed by atoms with Gasteiger partial charge in [0.25, 0.3) is 5.91 Å². The molecular weight excluding hydrogens is 352 g/mol. The maximum Gasteiger partial charge on any atom is 0.280 e. The molecule has 2 rings (SSSR count). The molecule has 26 heavy (non-hydrogen) atoms. The number of rotatable bonds is 8. The van der Waals surface area contributed by atoms with Crippen LogP contribution in [0.1, 0.15) is 31.4 Å². The molecule has 0 bridgehead atoms. The van der Waals surface area contributed by atoms with E-state index >= 15 is 0 Å². The molecule has 0 saturated carbocycles. The lowest BCUT2D eigenvalue weighted by Gasteiger charge is -2.14. The van der Waals surface area contributed by atoms with E-state index in [0.717, 1.165) is 23.3 Å². The van der Waals surface area contributed by atoms with Crippen molar-refractivity contribution in [2.24, 2.45) is 5.10 Å². The van der Waals surface area contributed by atoms with Gasteiger partial charge in [0.05, 0.1) is 12.8 Å². The van der Waals surface area contributed by atoms with Crippen LogP contribution in [0.4, 0.5) is 0 Å². The Morgan fingerprint density at radius 1 is 1.27 bits per heavy atom. The van der Waals surface area contributed by atoms with Crippen LogP contribution in [0.25, 0.3) is 0 Å². The van der Waals surface area contributed by atoms with Gasteiger partial charge in [-0.15, -0.1) is 0 Å². The predicted molar refractivity (Wildman–Crippen MR) is 104 cm³/mol. The molecule has 138 valence electrons. The number of benzene rings is 2. The summed E-state index contributed by atoms with van der Waals surface area (Å²) in [6.07, 6.45) is 1.85. The Balaban J connectivity index is 1.85. The Labute approximate surface area is 159 Å². The quantitative estimate of drug-likeness (QED) is 0.551. The largest absolute Gasteiger partial charge is 0.494 e. The van der Waals surface area contributed by atoms with E-state index in [1.54, 1.807) is 31.3 Å². The lowest BCUT2D eigenvalue weighted by atomic mass is 10.2. The summed E-state index contributed by atoms with van der Waals surface area (Å²) in [5, 5.41) is 4.59. The molecule has 0 aliphatic rings. The van der Waals surface area contributed by atoms with E-state index in [2.05, 4.69) is 17.5 Å². The van der Waals surface area contributed by atoms with Crippen molar-refractivity contribution < 1.29 is 14.3 Å². The lowest BCUT2D eigenvalue weighted by Crippen LogP contribution is -2.33. The fourth-order valence-electron chi connectivity index (χ4n) is 2.12. The SMILES string of the molecule is CCCOc1ccc(C=NNC(=O)[C@@H](C)Oc2ccc(Cl)cc2C)cc1. The highest BCUT2D eigenvalue weighted by Crippen LogP contribution is 2.22. The summed E-state index contributed by atoms with van der Waals surface area (Å²) in [5.41, 5.74) is 4.20. The minimum Gasteiger partial charge on any atom is -0.494 e. The molecule has 0 aliphatic carbocycles. The van der Waals surface area contributed by atoms with Gasteiger partial charge >= 0.3 is 0 Å². The monoisotopic (exact) mass is 374 g/mol. The first-order chi connectivity index (χ1) is 12.5. The highest BCUT2D eigenvalue weighted by molar-refractivity contribution is 6.30. The Kier molecular flexibility index (Phi) is 7.48. The highest BCUT2D eigenvalue weighted by Gasteiger charge is 2.15. The van der Waals surface area contributed by atoms with Gasteiger partial charge < -0.3 is 9.47 Å². The molecule has 0 spiro atoms. The smallest absolute Gasteiger partial charge is 0.280 e. The molecule has 0 fully saturated rings. The van der Waals surface area contributed by atoms with Crippen LogP contribution in [0.15, 0.2) is 47.6 Å². The van der Waals surface area contributed by atoms with Crippen molar-refractivity contribution in [2.45, 2.75) is 33.3 Å². The van der Waals surface area contributed by atoms with Crippen LogP contribution >= 0.6 is 11.6 Å². The third-order valence-corrected chi connectivity index (χ3v) is 3.79. The standard InChI is InChI=1S/C20H23ClN2O3/c1-4-11-25-18-8-5-16(6-9-18)13-22-23-20(24)15(3)26-19-10-7-17(21)12-14(19)2/h5-10,12-13,15H,4,11H2,1-3H3,(H,23,24)/t15-/m1/s1. The van der Waals surface area contributed by atoms with Crippen LogP contribution < -0.4 is 14.9 Å². The van der Waals surface area contributed by atoms with E-state index in [9.17, 15) is 4.79 Å². The van der Waals surface area contributed by atoms with Gasteiger partial charge in [-0.1, -0.05) is 18.5 Å². The van der Waals surface area contributed by atoms with Crippen molar-refractivity contribution >= 4 is 23.7 Å². The summed E-state index contributed by atoms with van der Waals surface area (Å²) in [6.45, 7) is 6.29. The van der Waals surface area contributed by atoms with Crippen molar-refractivity contribution in [3.05, 3.63) is 58.6 Å². The molecule has 0 radical (unpaired) electrons. The summed E-state index contributed by atoms with van der Waals surface area (Å²) in [6, 6.07) is 12.7. The first kappa shape index (κ1) is 19.8. The number of carbonyl (C=O) groups excluding carboxylic acids is 1. The van der Waals surface area contributed by atoms with Crippen molar-refractivity contribution in [1.29, 1.82) is 0 Å². The van der Waals surface area contributed by atoms with E-state index < -0.39 is 6.10 Å². The molecule has 0 heterocycles. The zero-order valence-corrected chi connectivity index (χ0v) is 15.9. The van der Waals surface area contributed by atoms with Gasteiger partial charge in [-0.3, -0.25) is 4.79 Å².